The third kappa shape index (κ3) is 5.26. The maximum absolute atomic E-state index is 12.6. The van der Waals surface area contributed by atoms with E-state index in [-0.39, 0.29) is 19.0 Å². The highest BCUT2D eigenvalue weighted by atomic mass is 35.5. The molecule has 0 radical (unpaired) electrons. The summed E-state index contributed by atoms with van der Waals surface area (Å²) in [6.45, 7) is -0.790. The molecule has 0 unspecified atom stereocenters. The Bertz CT molecular complexity index is 644. The number of benzene rings is 1. The second-order valence-electron chi connectivity index (χ2n) is 5.74. The van der Waals surface area contributed by atoms with Crippen LogP contribution in [0.4, 0.5) is 13.2 Å². The first-order valence-electron chi connectivity index (χ1n) is 7.68. The van der Waals surface area contributed by atoms with Gasteiger partial charge in [-0.1, -0.05) is 11.6 Å². The fourth-order valence-corrected chi connectivity index (χ4v) is 2.87. The molecule has 0 aromatic heterocycles. The molecule has 2 rings (SSSR count). The molecule has 1 saturated heterocycles. The van der Waals surface area contributed by atoms with Crippen LogP contribution in [0.25, 0.3) is 0 Å². The molecule has 1 aliphatic rings. The van der Waals surface area contributed by atoms with Crippen LogP contribution in [0.2, 0.25) is 5.02 Å². The summed E-state index contributed by atoms with van der Waals surface area (Å²) in [4.78, 5) is 25.9. The average molecular weight is 379 g/mol. The van der Waals surface area contributed by atoms with Crippen molar-refractivity contribution in [3.63, 3.8) is 0 Å². The number of alkyl halides is 3. The molecular weight excluding hydrogens is 361 g/mol. The smallest absolute Gasteiger partial charge is 0.405 e. The number of nitrogens with one attached hydrogen (secondary N) is 1. The molecule has 0 atom stereocenters. The number of rotatable bonds is 4. The number of carbonyl (C=O) groups excluding carboxylic acids is 2. The Morgan fingerprint density at radius 2 is 1.96 bits per heavy atom. The molecule has 138 valence electrons. The minimum Gasteiger partial charge on any atom is -0.496 e. The monoisotopic (exact) mass is 378 g/mol. The number of methoxy groups -OCH3 is 1. The summed E-state index contributed by atoms with van der Waals surface area (Å²) < 4.78 is 41.6. The summed E-state index contributed by atoms with van der Waals surface area (Å²) in [6.07, 6.45) is -3.83. The summed E-state index contributed by atoms with van der Waals surface area (Å²) >= 11 is 5.92. The molecular formula is C16H18ClF3N2O3. The van der Waals surface area contributed by atoms with Crippen molar-refractivity contribution in [2.75, 3.05) is 26.7 Å². The molecule has 0 bridgehead atoms. The Balaban J connectivity index is 1.95. The van der Waals surface area contributed by atoms with Crippen LogP contribution in [0.1, 0.15) is 23.2 Å². The lowest BCUT2D eigenvalue weighted by molar-refractivity contribution is -0.141. The largest absolute Gasteiger partial charge is 0.496 e. The fraction of sp³-hybridized carbons (Fsp3) is 0.500. The van der Waals surface area contributed by atoms with Crippen LogP contribution in [0, 0.1) is 5.92 Å². The van der Waals surface area contributed by atoms with E-state index in [0.29, 0.717) is 29.2 Å². The van der Waals surface area contributed by atoms with E-state index in [4.69, 9.17) is 16.3 Å². The van der Waals surface area contributed by atoms with Crippen LogP contribution >= 0.6 is 11.6 Å². The topological polar surface area (TPSA) is 58.6 Å². The van der Waals surface area contributed by atoms with Gasteiger partial charge in [0, 0.05) is 24.0 Å². The highest BCUT2D eigenvalue weighted by Crippen LogP contribution is 2.26. The van der Waals surface area contributed by atoms with E-state index in [2.05, 4.69) is 0 Å². The van der Waals surface area contributed by atoms with Crippen LogP contribution in [0.5, 0.6) is 5.75 Å². The van der Waals surface area contributed by atoms with Gasteiger partial charge in [0.25, 0.3) is 5.91 Å². The minimum atomic E-state index is -4.44. The third-order valence-electron chi connectivity index (χ3n) is 4.01. The zero-order chi connectivity index (χ0) is 18.6. The molecule has 1 aromatic rings. The van der Waals surface area contributed by atoms with E-state index < -0.39 is 24.5 Å². The van der Waals surface area contributed by atoms with Gasteiger partial charge < -0.3 is 15.0 Å². The highest BCUT2D eigenvalue weighted by molar-refractivity contribution is 6.31. The molecule has 1 N–H and O–H groups in total. The summed E-state index contributed by atoms with van der Waals surface area (Å²) in [5.41, 5.74) is 0.315. The number of piperidine rings is 1. The van der Waals surface area contributed by atoms with Gasteiger partial charge in [-0.3, -0.25) is 9.59 Å². The van der Waals surface area contributed by atoms with Crippen molar-refractivity contribution in [3.8, 4) is 5.75 Å². The molecule has 5 nitrogen and oxygen atoms in total. The van der Waals surface area contributed by atoms with Crippen molar-refractivity contribution in [1.29, 1.82) is 0 Å². The number of carbonyl (C=O) groups is 2. The number of hydrogen-bond donors (Lipinski definition) is 1. The normalized spacial score (nSPS) is 15.8. The van der Waals surface area contributed by atoms with Gasteiger partial charge in [0.2, 0.25) is 5.91 Å². The number of nitrogens with zero attached hydrogens (tertiary/aromatic N) is 1. The van der Waals surface area contributed by atoms with Crippen LogP contribution in [0.3, 0.4) is 0 Å². The second kappa shape index (κ2) is 7.95. The van der Waals surface area contributed by atoms with Crippen LogP contribution < -0.4 is 10.1 Å². The Labute approximate surface area is 148 Å². The molecule has 0 aliphatic carbocycles. The molecule has 2 amide bonds. The molecule has 9 heteroatoms. The number of amides is 2. The summed E-state index contributed by atoms with van der Waals surface area (Å²) in [7, 11) is 1.44. The Morgan fingerprint density at radius 1 is 1.32 bits per heavy atom. The highest BCUT2D eigenvalue weighted by Gasteiger charge is 2.32. The van der Waals surface area contributed by atoms with Gasteiger partial charge in [-0.25, -0.2) is 0 Å². The van der Waals surface area contributed by atoms with Crippen molar-refractivity contribution >= 4 is 23.4 Å². The average Bonchev–Trinajstić information content (AvgIpc) is 2.58. The van der Waals surface area contributed by atoms with E-state index in [1.54, 1.807) is 17.0 Å². The molecule has 1 aliphatic heterocycles. The van der Waals surface area contributed by atoms with Gasteiger partial charge in [-0.05, 0) is 31.0 Å². The Hall–Kier alpha value is -1.96. The van der Waals surface area contributed by atoms with Crippen molar-refractivity contribution in [1.82, 2.24) is 10.2 Å². The van der Waals surface area contributed by atoms with Crippen molar-refractivity contribution in [2.24, 2.45) is 5.92 Å². The predicted octanol–water partition coefficient (Wildman–Crippen LogP) is 2.88. The third-order valence-corrected chi connectivity index (χ3v) is 4.24. The van der Waals surface area contributed by atoms with Gasteiger partial charge in [-0.15, -0.1) is 0 Å². The predicted molar refractivity (Wildman–Crippen MR) is 85.7 cm³/mol. The molecule has 1 heterocycles. The number of likely N-dealkylation sites (tertiary alicyclic amines) is 1. The van der Waals surface area contributed by atoms with Crippen LogP contribution in [0.15, 0.2) is 18.2 Å². The lowest BCUT2D eigenvalue weighted by Gasteiger charge is -2.31. The molecule has 25 heavy (non-hydrogen) atoms. The van der Waals surface area contributed by atoms with Crippen LogP contribution in [-0.2, 0) is 4.79 Å². The first-order chi connectivity index (χ1) is 11.7. The molecule has 0 saturated carbocycles. The minimum absolute atomic E-state index is 0.276. The first-order valence-corrected chi connectivity index (χ1v) is 8.06. The first kappa shape index (κ1) is 19.4. The van der Waals surface area contributed by atoms with Gasteiger partial charge in [0.15, 0.2) is 0 Å². The van der Waals surface area contributed by atoms with E-state index >= 15 is 0 Å². The SMILES string of the molecule is COc1ccc(Cl)cc1C(=O)N1CCC(C(=O)NCC(F)(F)F)CC1. The standard InChI is InChI=1S/C16H18ClF3N2O3/c1-25-13-3-2-11(17)8-12(13)15(24)22-6-4-10(5-7-22)14(23)21-9-16(18,19)20/h2-3,8,10H,4-7,9H2,1H3,(H,21,23). The van der Waals surface area contributed by atoms with Crippen molar-refractivity contribution in [3.05, 3.63) is 28.8 Å². The Morgan fingerprint density at radius 3 is 2.52 bits per heavy atom. The lowest BCUT2D eigenvalue weighted by Crippen LogP contribution is -2.44. The Kier molecular flexibility index (Phi) is 6.16. The van der Waals surface area contributed by atoms with Gasteiger partial charge >= 0.3 is 6.18 Å². The quantitative estimate of drug-likeness (QED) is 0.876. The maximum atomic E-state index is 12.6. The maximum Gasteiger partial charge on any atom is 0.405 e. The second-order valence-corrected chi connectivity index (χ2v) is 6.18. The van der Waals surface area contributed by atoms with Gasteiger partial charge in [0.1, 0.15) is 12.3 Å². The van der Waals surface area contributed by atoms with Crippen molar-refractivity contribution in [2.45, 2.75) is 19.0 Å². The lowest BCUT2D eigenvalue weighted by atomic mass is 9.95. The summed E-state index contributed by atoms with van der Waals surface area (Å²) in [5.74, 6) is -1.06. The van der Waals surface area contributed by atoms with E-state index in [9.17, 15) is 22.8 Å². The zero-order valence-electron chi connectivity index (χ0n) is 13.5. The zero-order valence-corrected chi connectivity index (χ0v) is 14.3. The molecule has 0 spiro atoms. The fourth-order valence-electron chi connectivity index (χ4n) is 2.69. The van der Waals surface area contributed by atoms with E-state index in [1.807, 2.05) is 5.32 Å². The van der Waals surface area contributed by atoms with Crippen LogP contribution in [-0.4, -0.2) is 49.6 Å². The number of ether oxygens (including phenoxy) is 1. The summed E-state index contributed by atoms with van der Waals surface area (Å²) in [5, 5.41) is 2.28. The molecule has 1 fully saturated rings. The van der Waals surface area contributed by atoms with Crippen molar-refractivity contribution < 1.29 is 27.5 Å². The van der Waals surface area contributed by atoms with E-state index in [0.717, 1.165) is 0 Å². The van der Waals surface area contributed by atoms with Gasteiger partial charge in [-0.2, -0.15) is 13.2 Å². The number of hydrogen-bond acceptors (Lipinski definition) is 3. The van der Waals surface area contributed by atoms with E-state index in [1.165, 1.54) is 13.2 Å². The van der Waals surface area contributed by atoms with Gasteiger partial charge in [0.05, 0.1) is 12.7 Å². The summed E-state index contributed by atoms with van der Waals surface area (Å²) in [6, 6.07) is 4.70. The molecule has 1 aromatic carbocycles. The number of halogens is 4.